The summed E-state index contributed by atoms with van der Waals surface area (Å²) >= 11 is 0. The zero-order valence-corrected chi connectivity index (χ0v) is 9.53. The second-order valence-corrected chi connectivity index (χ2v) is 5.05. The molecule has 1 unspecified atom stereocenters. The molecule has 0 aromatic carbocycles. The fraction of sp³-hybridized carbons (Fsp3) is 0.818. The number of carboxylic acids is 1. The standard InChI is InChI=1S/C11H18N2O3/c1-13-5-2-8(6-13)9(14)12-7-11(3-4-11)10(15)16/h8H,2-7H2,1H3,(H,12,14)(H,15,16). The average molecular weight is 226 g/mol. The van der Waals surface area contributed by atoms with Gasteiger partial charge in [0.15, 0.2) is 0 Å². The number of nitrogens with one attached hydrogen (secondary N) is 1. The molecule has 2 aliphatic rings. The van der Waals surface area contributed by atoms with E-state index in [9.17, 15) is 9.59 Å². The summed E-state index contributed by atoms with van der Waals surface area (Å²) in [5, 5.41) is 11.7. The van der Waals surface area contributed by atoms with E-state index in [-0.39, 0.29) is 11.8 Å². The summed E-state index contributed by atoms with van der Waals surface area (Å²) in [6.45, 7) is 2.02. The molecule has 2 rings (SSSR count). The van der Waals surface area contributed by atoms with E-state index in [1.54, 1.807) is 0 Å². The molecule has 16 heavy (non-hydrogen) atoms. The van der Waals surface area contributed by atoms with Gasteiger partial charge < -0.3 is 15.3 Å². The highest BCUT2D eigenvalue weighted by Crippen LogP contribution is 2.45. The molecule has 5 nitrogen and oxygen atoms in total. The molecule has 0 radical (unpaired) electrons. The lowest BCUT2D eigenvalue weighted by molar-refractivity contribution is -0.143. The Bertz CT molecular complexity index is 312. The predicted octanol–water partition coefficient (Wildman–Crippen LogP) is -0.0809. The van der Waals surface area contributed by atoms with Crippen LogP contribution in [0.15, 0.2) is 0 Å². The number of carboxylic acid groups (broad SMARTS) is 1. The molecule has 2 N–H and O–H groups in total. The zero-order chi connectivity index (χ0) is 11.8. The van der Waals surface area contributed by atoms with E-state index < -0.39 is 11.4 Å². The number of hydrogen-bond acceptors (Lipinski definition) is 3. The van der Waals surface area contributed by atoms with Crippen LogP contribution in [-0.2, 0) is 9.59 Å². The molecule has 1 saturated heterocycles. The van der Waals surface area contributed by atoms with Gasteiger partial charge in [-0.1, -0.05) is 0 Å². The third-order valence-corrected chi connectivity index (χ3v) is 3.67. The predicted molar refractivity (Wildman–Crippen MR) is 57.9 cm³/mol. The molecule has 0 bridgehead atoms. The van der Waals surface area contributed by atoms with E-state index in [0.717, 1.165) is 19.5 Å². The minimum absolute atomic E-state index is 0.0110. The van der Waals surface area contributed by atoms with E-state index in [0.29, 0.717) is 19.4 Å². The SMILES string of the molecule is CN1CCC(C(=O)NCC2(C(=O)O)CC2)C1. The summed E-state index contributed by atoms with van der Waals surface area (Å²) in [5.74, 6) is -0.734. The van der Waals surface area contributed by atoms with Crippen molar-refractivity contribution in [3.8, 4) is 0 Å². The number of rotatable bonds is 4. The number of nitrogens with zero attached hydrogens (tertiary/aromatic N) is 1. The van der Waals surface area contributed by atoms with E-state index >= 15 is 0 Å². The van der Waals surface area contributed by atoms with Gasteiger partial charge >= 0.3 is 5.97 Å². The Morgan fingerprint density at radius 2 is 2.19 bits per heavy atom. The van der Waals surface area contributed by atoms with Crippen molar-refractivity contribution in [1.82, 2.24) is 10.2 Å². The van der Waals surface area contributed by atoms with Gasteiger partial charge in [-0.3, -0.25) is 9.59 Å². The van der Waals surface area contributed by atoms with Crippen molar-refractivity contribution in [2.75, 3.05) is 26.7 Å². The molecule has 1 atom stereocenters. The largest absolute Gasteiger partial charge is 0.481 e. The first-order chi connectivity index (χ1) is 7.53. The molecular formula is C11H18N2O3. The molecule has 5 heteroatoms. The van der Waals surface area contributed by atoms with E-state index in [2.05, 4.69) is 10.2 Å². The average Bonchev–Trinajstić information content (AvgIpc) is 2.92. The minimum Gasteiger partial charge on any atom is -0.481 e. The lowest BCUT2D eigenvalue weighted by Gasteiger charge is -2.14. The monoisotopic (exact) mass is 226 g/mol. The van der Waals surface area contributed by atoms with Crippen LogP contribution in [-0.4, -0.2) is 48.6 Å². The van der Waals surface area contributed by atoms with Gasteiger partial charge in [-0.25, -0.2) is 0 Å². The third-order valence-electron chi connectivity index (χ3n) is 3.67. The van der Waals surface area contributed by atoms with Crippen LogP contribution >= 0.6 is 0 Å². The lowest BCUT2D eigenvalue weighted by Crippen LogP contribution is -2.38. The van der Waals surface area contributed by atoms with Gasteiger partial charge in [0.1, 0.15) is 0 Å². The second kappa shape index (κ2) is 4.05. The molecular weight excluding hydrogens is 208 g/mol. The van der Waals surface area contributed by atoms with Gasteiger partial charge in [-0.2, -0.15) is 0 Å². The Hall–Kier alpha value is -1.10. The molecule has 0 spiro atoms. The topological polar surface area (TPSA) is 69.6 Å². The van der Waals surface area contributed by atoms with Crippen molar-refractivity contribution in [3.05, 3.63) is 0 Å². The van der Waals surface area contributed by atoms with Crippen molar-refractivity contribution in [3.63, 3.8) is 0 Å². The van der Waals surface area contributed by atoms with E-state index in [1.807, 2.05) is 7.05 Å². The maximum absolute atomic E-state index is 11.8. The maximum Gasteiger partial charge on any atom is 0.311 e. The molecule has 90 valence electrons. The van der Waals surface area contributed by atoms with Crippen LogP contribution in [0.1, 0.15) is 19.3 Å². The zero-order valence-electron chi connectivity index (χ0n) is 9.53. The molecule has 0 aromatic heterocycles. The number of carbonyl (C=O) groups is 2. The highest BCUT2D eigenvalue weighted by atomic mass is 16.4. The van der Waals surface area contributed by atoms with Crippen LogP contribution in [0.25, 0.3) is 0 Å². The normalized spacial score (nSPS) is 27.7. The Labute approximate surface area is 94.8 Å². The van der Waals surface area contributed by atoms with Gasteiger partial charge in [-0.05, 0) is 32.9 Å². The van der Waals surface area contributed by atoms with E-state index in [4.69, 9.17) is 5.11 Å². The number of likely N-dealkylation sites (tertiary alicyclic amines) is 1. The van der Waals surface area contributed by atoms with Crippen LogP contribution in [0, 0.1) is 11.3 Å². The first-order valence-electron chi connectivity index (χ1n) is 5.73. The summed E-state index contributed by atoms with van der Waals surface area (Å²) in [6, 6.07) is 0. The number of aliphatic carboxylic acids is 1. The van der Waals surface area contributed by atoms with Crippen molar-refractivity contribution >= 4 is 11.9 Å². The Balaban J connectivity index is 1.78. The van der Waals surface area contributed by atoms with Crippen LogP contribution in [0.4, 0.5) is 0 Å². The quantitative estimate of drug-likeness (QED) is 0.703. The maximum atomic E-state index is 11.8. The van der Waals surface area contributed by atoms with Gasteiger partial charge in [0.25, 0.3) is 0 Å². The van der Waals surface area contributed by atoms with Crippen LogP contribution in [0.3, 0.4) is 0 Å². The highest BCUT2D eigenvalue weighted by Gasteiger charge is 2.50. The summed E-state index contributed by atoms with van der Waals surface area (Å²) in [7, 11) is 1.99. The van der Waals surface area contributed by atoms with Crippen molar-refractivity contribution < 1.29 is 14.7 Å². The van der Waals surface area contributed by atoms with Crippen molar-refractivity contribution in [2.45, 2.75) is 19.3 Å². The first-order valence-corrected chi connectivity index (χ1v) is 5.73. The smallest absolute Gasteiger partial charge is 0.311 e. The highest BCUT2D eigenvalue weighted by molar-refractivity contribution is 5.82. The van der Waals surface area contributed by atoms with Gasteiger partial charge in [0.2, 0.25) is 5.91 Å². The van der Waals surface area contributed by atoms with Crippen LogP contribution in [0.2, 0.25) is 0 Å². The summed E-state index contributed by atoms with van der Waals surface area (Å²) in [4.78, 5) is 24.8. The summed E-state index contributed by atoms with van der Waals surface area (Å²) < 4.78 is 0. The van der Waals surface area contributed by atoms with Gasteiger partial charge in [-0.15, -0.1) is 0 Å². The van der Waals surface area contributed by atoms with Crippen molar-refractivity contribution in [1.29, 1.82) is 0 Å². The Morgan fingerprint density at radius 3 is 2.62 bits per heavy atom. The van der Waals surface area contributed by atoms with Crippen LogP contribution < -0.4 is 5.32 Å². The van der Waals surface area contributed by atoms with Gasteiger partial charge in [0.05, 0.1) is 11.3 Å². The molecule has 1 saturated carbocycles. The number of carbonyl (C=O) groups excluding carboxylic acids is 1. The number of amides is 1. The molecule has 2 fully saturated rings. The molecule has 1 aliphatic heterocycles. The minimum atomic E-state index is -0.781. The lowest BCUT2D eigenvalue weighted by atomic mass is 10.1. The van der Waals surface area contributed by atoms with Crippen LogP contribution in [0.5, 0.6) is 0 Å². The molecule has 1 amide bonds. The van der Waals surface area contributed by atoms with Crippen molar-refractivity contribution in [2.24, 2.45) is 11.3 Å². The summed E-state index contributed by atoms with van der Waals surface area (Å²) in [6.07, 6.45) is 2.25. The van der Waals surface area contributed by atoms with Gasteiger partial charge in [0, 0.05) is 13.1 Å². The molecule has 1 heterocycles. The fourth-order valence-corrected chi connectivity index (χ4v) is 2.17. The summed E-state index contributed by atoms with van der Waals surface area (Å²) in [5.41, 5.74) is -0.653. The second-order valence-electron chi connectivity index (χ2n) is 5.05. The van der Waals surface area contributed by atoms with E-state index in [1.165, 1.54) is 0 Å². The fourth-order valence-electron chi connectivity index (χ4n) is 2.17. The first kappa shape index (κ1) is 11.4. The Kier molecular flexibility index (Phi) is 2.88. The number of hydrogen-bond donors (Lipinski definition) is 2. The Morgan fingerprint density at radius 1 is 1.50 bits per heavy atom. The molecule has 1 aliphatic carbocycles. The molecule has 0 aromatic rings. The third kappa shape index (κ3) is 2.19.